The second-order valence-electron chi connectivity index (χ2n) is 3.24. The molecule has 0 saturated heterocycles. The van der Waals surface area contributed by atoms with Crippen molar-refractivity contribution in [3.63, 3.8) is 0 Å². The maximum absolute atomic E-state index is 10.9. The molecule has 1 fully saturated rings. The largest absolute Gasteiger partial charge is 0.390 e. The average Bonchev–Trinajstić information content (AvgIpc) is 1.95. The number of aliphatic hydroxyl groups excluding tert-OH is 1. The number of carbonyl (C=O) groups is 1. The van der Waals surface area contributed by atoms with E-state index in [-0.39, 0.29) is 5.78 Å². The molecule has 0 amide bonds. The Hall–Kier alpha value is -0.410. The van der Waals surface area contributed by atoms with Crippen molar-refractivity contribution >= 4 is 5.78 Å². The number of rotatable bonds is 1. The van der Waals surface area contributed by atoms with E-state index in [1.54, 1.807) is 0 Å². The van der Waals surface area contributed by atoms with Gasteiger partial charge in [-0.15, -0.1) is 0 Å². The van der Waals surface area contributed by atoms with Crippen LogP contribution in [-0.2, 0) is 4.79 Å². The van der Waals surface area contributed by atoms with Crippen LogP contribution in [0.15, 0.2) is 0 Å². The summed E-state index contributed by atoms with van der Waals surface area (Å²) in [6.45, 7) is 1.33. The van der Waals surface area contributed by atoms with Crippen molar-refractivity contribution in [1.82, 2.24) is 0 Å². The second-order valence-corrected chi connectivity index (χ2v) is 3.24. The molecule has 0 aliphatic heterocycles. The first kappa shape index (κ1) is 8.68. The van der Waals surface area contributed by atoms with E-state index in [1.807, 2.05) is 0 Å². The van der Waals surface area contributed by atoms with E-state index in [0.717, 1.165) is 12.8 Å². The van der Waals surface area contributed by atoms with Gasteiger partial charge in [-0.1, -0.05) is 6.42 Å². The zero-order valence-electron chi connectivity index (χ0n) is 6.71. The lowest BCUT2D eigenvalue weighted by atomic mass is 9.80. The van der Waals surface area contributed by atoms with Gasteiger partial charge in [0.25, 0.3) is 0 Å². The van der Waals surface area contributed by atoms with Crippen molar-refractivity contribution in [2.24, 2.45) is 0 Å². The Morgan fingerprint density at radius 2 is 2.18 bits per heavy atom. The summed E-state index contributed by atoms with van der Waals surface area (Å²) >= 11 is 0. The summed E-state index contributed by atoms with van der Waals surface area (Å²) in [7, 11) is 0. The van der Waals surface area contributed by atoms with E-state index in [4.69, 9.17) is 0 Å². The number of hydrogen-bond donors (Lipinski definition) is 2. The van der Waals surface area contributed by atoms with Crippen LogP contribution in [0.2, 0.25) is 0 Å². The van der Waals surface area contributed by atoms with Gasteiger partial charge in [0, 0.05) is 0 Å². The van der Waals surface area contributed by atoms with Gasteiger partial charge in [-0.3, -0.25) is 4.79 Å². The number of hydrogen-bond acceptors (Lipinski definition) is 3. The molecular weight excluding hydrogens is 144 g/mol. The third-order valence-corrected chi connectivity index (χ3v) is 2.45. The van der Waals surface area contributed by atoms with Crippen LogP contribution in [0.25, 0.3) is 0 Å². The summed E-state index contributed by atoms with van der Waals surface area (Å²) in [6, 6.07) is 0. The Kier molecular flexibility index (Phi) is 2.30. The Morgan fingerprint density at radius 1 is 1.55 bits per heavy atom. The van der Waals surface area contributed by atoms with Crippen molar-refractivity contribution in [3.8, 4) is 0 Å². The molecule has 0 aromatic rings. The van der Waals surface area contributed by atoms with Gasteiger partial charge in [0.1, 0.15) is 5.60 Å². The highest BCUT2D eigenvalue weighted by Gasteiger charge is 2.41. The molecule has 0 aromatic carbocycles. The number of ketones is 1. The van der Waals surface area contributed by atoms with E-state index in [1.165, 1.54) is 6.92 Å². The zero-order chi connectivity index (χ0) is 8.48. The molecule has 0 heterocycles. The first-order valence-electron chi connectivity index (χ1n) is 3.99. The van der Waals surface area contributed by atoms with Crippen LogP contribution in [0.5, 0.6) is 0 Å². The fourth-order valence-electron chi connectivity index (χ4n) is 1.55. The quantitative estimate of drug-likeness (QED) is 0.574. The molecule has 0 aromatic heterocycles. The van der Waals surface area contributed by atoms with Crippen LogP contribution in [-0.4, -0.2) is 27.7 Å². The summed E-state index contributed by atoms with van der Waals surface area (Å²) in [5, 5.41) is 18.9. The van der Waals surface area contributed by atoms with Gasteiger partial charge in [0.05, 0.1) is 6.10 Å². The Labute approximate surface area is 66.0 Å². The first-order valence-corrected chi connectivity index (χ1v) is 3.99. The molecule has 1 rings (SSSR count). The molecule has 3 heteroatoms. The van der Waals surface area contributed by atoms with Gasteiger partial charge in [0.15, 0.2) is 5.78 Å². The molecular formula is C8H14O3. The van der Waals surface area contributed by atoms with Crippen molar-refractivity contribution in [2.45, 2.75) is 44.3 Å². The minimum absolute atomic E-state index is 0.315. The highest BCUT2D eigenvalue weighted by Crippen LogP contribution is 2.28. The predicted octanol–water partition coefficient (Wildman–Crippen LogP) is 0.241. The topological polar surface area (TPSA) is 57.5 Å². The monoisotopic (exact) mass is 158 g/mol. The SMILES string of the molecule is CC(=O)[C@@]1(O)CCCC[C@H]1O. The summed E-state index contributed by atoms with van der Waals surface area (Å²) in [4.78, 5) is 10.9. The van der Waals surface area contributed by atoms with E-state index in [2.05, 4.69) is 0 Å². The standard InChI is InChI=1S/C8H14O3/c1-6(9)8(11)5-3-2-4-7(8)10/h7,10-11H,2-5H2,1H3/t7-,8+/m1/s1. The fourth-order valence-corrected chi connectivity index (χ4v) is 1.55. The molecule has 2 N–H and O–H groups in total. The second kappa shape index (κ2) is 2.91. The molecule has 11 heavy (non-hydrogen) atoms. The zero-order valence-corrected chi connectivity index (χ0v) is 6.71. The molecule has 1 aliphatic rings. The van der Waals surface area contributed by atoms with Crippen molar-refractivity contribution < 1.29 is 15.0 Å². The molecule has 0 radical (unpaired) electrons. The molecule has 3 nitrogen and oxygen atoms in total. The van der Waals surface area contributed by atoms with Crippen LogP contribution in [0.4, 0.5) is 0 Å². The lowest BCUT2D eigenvalue weighted by Crippen LogP contribution is -2.50. The molecule has 0 spiro atoms. The number of carbonyl (C=O) groups excluding carboxylic acids is 1. The highest BCUT2D eigenvalue weighted by atomic mass is 16.3. The van der Waals surface area contributed by atoms with Gasteiger partial charge < -0.3 is 10.2 Å². The Balaban J connectivity index is 2.72. The molecule has 2 atom stereocenters. The summed E-state index contributed by atoms with van der Waals surface area (Å²) in [6.07, 6.45) is 1.82. The Morgan fingerprint density at radius 3 is 2.55 bits per heavy atom. The van der Waals surface area contributed by atoms with Gasteiger partial charge in [0.2, 0.25) is 0 Å². The maximum Gasteiger partial charge on any atom is 0.163 e. The number of Topliss-reactive ketones (excluding diaryl/α,β-unsaturated/α-hetero) is 1. The maximum atomic E-state index is 10.9. The normalized spacial score (nSPS) is 38.6. The third kappa shape index (κ3) is 1.44. The molecule has 0 unspecified atom stereocenters. The van der Waals surface area contributed by atoms with Crippen LogP contribution in [0, 0.1) is 0 Å². The van der Waals surface area contributed by atoms with Crippen LogP contribution in [0.3, 0.4) is 0 Å². The van der Waals surface area contributed by atoms with Crippen molar-refractivity contribution in [3.05, 3.63) is 0 Å². The first-order chi connectivity index (χ1) is 5.07. The van der Waals surface area contributed by atoms with Crippen molar-refractivity contribution in [2.75, 3.05) is 0 Å². The average molecular weight is 158 g/mol. The van der Waals surface area contributed by atoms with E-state index < -0.39 is 11.7 Å². The molecule has 1 aliphatic carbocycles. The van der Waals surface area contributed by atoms with Crippen LogP contribution < -0.4 is 0 Å². The Bertz CT molecular complexity index is 167. The minimum Gasteiger partial charge on any atom is -0.390 e. The minimum atomic E-state index is -1.45. The fraction of sp³-hybridized carbons (Fsp3) is 0.875. The highest BCUT2D eigenvalue weighted by molar-refractivity contribution is 5.85. The van der Waals surface area contributed by atoms with Crippen LogP contribution in [0.1, 0.15) is 32.6 Å². The number of aliphatic hydroxyl groups is 2. The summed E-state index contributed by atoms with van der Waals surface area (Å²) in [5.74, 6) is -0.315. The predicted molar refractivity (Wildman–Crippen MR) is 40.1 cm³/mol. The lowest BCUT2D eigenvalue weighted by Gasteiger charge is -2.34. The van der Waals surface area contributed by atoms with Gasteiger partial charge >= 0.3 is 0 Å². The van der Waals surface area contributed by atoms with Gasteiger partial charge in [-0.05, 0) is 26.2 Å². The lowest BCUT2D eigenvalue weighted by molar-refractivity contribution is -0.154. The van der Waals surface area contributed by atoms with Gasteiger partial charge in [-0.2, -0.15) is 0 Å². The molecule has 1 saturated carbocycles. The van der Waals surface area contributed by atoms with Crippen molar-refractivity contribution in [1.29, 1.82) is 0 Å². The van der Waals surface area contributed by atoms with E-state index in [0.29, 0.717) is 12.8 Å². The van der Waals surface area contributed by atoms with E-state index in [9.17, 15) is 15.0 Å². The van der Waals surface area contributed by atoms with Crippen LogP contribution >= 0.6 is 0 Å². The molecule has 0 bridgehead atoms. The summed E-state index contributed by atoms with van der Waals surface area (Å²) in [5.41, 5.74) is -1.45. The third-order valence-electron chi connectivity index (χ3n) is 2.45. The smallest absolute Gasteiger partial charge is 0.163 e. The van der Waals surface area contributed by atoms with E-state index >= 15 is 0 Å². The summed E-state index contributed by atoms with van der Waals surface area (Å²) < 4.78 is 0. The van der Waals surface area contributed by atoms with Gasteiger partial charge in [-0.25, -0.2) is 0 Å². The molecule has 64 valence electrons.